The van der Waals surface area contributed by atoms with Gasteiger partial charge in [-0.15, -0.1) is 0 Å². The lowest BCUT2D eigenvalue weighted by Crippen LogP contribution is -2.34. The lowest BCUT2D eigenvalue weighted by atomic mass is 10.1. The number of alkyl halides is 3. The number of carbonyl (C=O) groups is 1. The second kappa shape index (κ2) is 8.41. The minimum absolute atomic E-state index is 0.175. The van der Waals surface area contributed by atoms with Gasteiger partial charge < -0.3 is 10.6 Å². The molecule has 27 heavy (non-hydrogen) atoms. The van der Waals surface area contributed by atoms with Crippen molar-refractivity contribution in [1.29, 1.82) is 0 Å². The number of nitrogens with one attached hydrogen (secondary N) is 2. The Bertz CT molecular complexity index is 767. The minimum atomic E-state index is -4.36. The Balaban J connectivity index is 1.65. The van der Waals surface area contributed by atoms with Crippen molar-refractivity contribution < 1.29 is 18.0 Å². The van der Waals surface area contributed by atoms with E-state index >= 15 is 0 Å². The van der Waals surface area contributed by atoms with Gasteiger partial charge in [-0.05, 0) is 43.2 Å². The van der Waals surface area contributed by atoms with Gasteiger partial charge in [0.25, 0.3) is 5.91 Å². The van der Waals surface area contributed by atoms with Crippen molar-refractivity contribution in [3.05, 3.63) is 53.9 Å². The highest BCUT2D eigenvalue weighted by Gasteiger charge is 2.29. The van der Waals surface area contributed by atoms with Crippen LogP contribution in [0.4, 0.5) is 24.5 Å². The summed E-state index contributed by atoms with van der Waals surface area (Å²) in [6, 6.07) is 6.56. The summed E-state index contributed by atoms with van der Waals surface area (Å²) in [7, 11) is 0. The third-order valence-corrected chi connectivity index (χ3v) is 4.69. The largest absolute Gasteiger partial charge is 0.416 e. The van der Waals surface area contributed by atoms with E-state index in [9.17, 15) is 18.0 Å². The fourth-order valence-electron chi connectivity index (χ4n) is 3.23. The van der Waals surface area contributed by atoms with Gasteiger partial charge >= 0.3 is 6.18 Å². The lowest BCUT2D eigenvalue weighted by Gasteiger charge is -2.16. The van der Waals surface area contributed by atoms with Gasteiger partial charge in [-0.25, -0.2) is 0 Å². The van der Waals surface area contributed by atoms with E-state index < -0.39 is 11.7 Å². The van der Waals surface area contributed by atoms with Gasteiger partial charge in [-0.1, -0.05) is 25.7 Å². The van der Waals surface area contributed by atoms with E-state index in [-0.39, 0.29) is 11.9 Å². The maximum absolute atomic E-state index is 12.6. The Hall–Kier alpha value is -2.57. The van der Waals surface area contributed by atoms with Crippen LogP contribution in [0.3, 0.4) is 0 Å². The summed E-state index contributed by atoms with van der Waals surface area (Å²) < 4.78 is 37.9. The van der Waals surface area contributed by atoms with Crippen molar-refractivity contribution in [2.24, 2.45) is 0 Å². The Labute approximate surface area is 156 Å². The van der Waals surface area contributed by atoms with Gasteiger partial charge in [0.2, 0.25) is 0 Å². The first kappa shape index (κ1) is 19.2. The lowest BCUT2D eigenvalue weighted by molar-refractivity contribution is -0.137. The summed E-state index contributed by atoms with van der Waals surface area (Å²) in [5.41, 5.74) is 0.758. The number of amides is 1. The number of anilines is 2. The molecule has 144 valence electrons. The molecule has 0 radical (unpaired) electrons. The van der Waals surface area contributed by atoms with Crippen LogP contribution >= 0.6 is 0 Å². The molecule has 3 rings (SSSR count). The van der Waals surface area contributed by atoms with Gasteiger partial charge in [0, 0.05) is 17.9 Å². The predicted molar refractivity (Wildman–Crippen MR) is 97.9 cm³/mol. The van der Waals surface area contributed by atoms with Crippen LogP contribution in [-0.2, 0) is 6.18 Å². The zero-order valence-corrected chi connectivity index (χ0v) is 14.9. The molecule has 2 N–H and O–H groups in total. The van der Waals surface area contributed by atoms with E-state index in [1.54, 1.807) is 6.07 Å². The monoisotopic (exact) mass is 377 g/mol. The molecule has 0 bridgehead atoms. The molecule has 0 unspecified atom stereocenters. The van der Waals surface area contributed by atoms with E-state index in [0.717, 1.165) is 37.8 Å². The molecule has 4 nitrogen and oxygen atoms in total. The van der Waals surface area contributed by atoms with Crippen molar-refractivity contribution in [2.75, 3.05) is 5.32 Å². The molecule has 1 aliphatic carbocycles. The summed E-state index contributed by atoms with van der Waals surface area (Å²) in [6.45, 7) is 0. The number of benzene rings is 1. The topological polar surface area (TPSA) is 54.0 Å². The van der Waals surface area contributed by atoms with Gasteiger partial charge in [-0.2, -0.15) is 13.2 Å². The maximum atomic E-state index is 12.6. The van der Waals surface area contributed by atoms with Crippen LogP contribution in [0.2, 0.25) is 0 Å². The zero-order chi connectivity index (χ0) is 19.3. The van der Waals surface area contributed by atoms with E-state index in [4.69, 9.17) is 0 Å². The number of halogens is 3. The fraction of sp³-hybridized carbons (Fsp3) is 0.400. The smallest absolute Gasteiger partial charge is 0.354 e. The average molecular weight is 377 g/mol. The third kappa shape index (κ3) is 5.45. The second-order valence-corrected chi connectivity index (χ2v) is 6.82. The molecular formula is C20H22F3N3O. The number of aromatic nitrogens is 1. The molecule has 7 heteroatoms. The van der Waals surface area contributed by atoms with E-state index in [1.165, 1.54) is 37.4 Å². The molecule has 1 aliphatic rings. The molecule has 1 heterocycles. The number of hydrogen-bond acceptors (Lipinski definition) is 3. The molecular weight excluding hydrogens is 355 g/mol. The van der Waals surface area contributed by atoms with Crippen molar-refractivity contribution >= 4 is 17.3 Å². The highest BCUT2D eigenvalue weighted by atomic mass is 19.4. The molecule has 2 aromatic rings. The average Bonchev–Trinajstić information content (AvgIpc) is 2.90. The second-order valence-electron chi connectivity index (χ2n) is 6.82. The first-order chi connectivity index (χ1) is 12.9. The quantitative estimate of drug-likeness (QED) is 0.711. The molecule has 1 amide bonds. The van der Waals surface area contributed by atoms with Crippen molar-refractivity contribution in [3.63, 3.8) is 0 Å². The molecule has 0 aliphatic heterocycles. The van der Waals surface area contributed by atoms with Crippen LogP contribution < -0.4 is 10.6 Å². The van der Waals surface area contributed by atoms with Crippen LogP contribution in [0.1, 0.15) is 54.4 Å². The SMILES string of the molecule is O=C(NC1CCCCCC1)c1cncc(Nc2ccc(C(F)(F)F)cc2)c1. The van der Waals surface area contributed by atoms with Crippen LogP contribution in [0, 0.1) is 0 Å². The van der Waals surface area contributed by atoms with E-state index in [1.807, 2.05) is 0 Å². The van der Waals surface area contributed by atoms with Crippen molar-refractivity contribution in [1.82, 2.24) is 10.3 Å². The number of hydrogen-bond donors (Lipinski definition) is 2. The molecule has 0 saturated heterocycles. The van der Waals surface area contributed by atoms with Gasteiger partial charge in [0.05, 0.1) is 23.0 Å². The molecule has 1 aromatic heterocycles. The number of pyridine rings is 1. The summed E-state index contributed by atoms with van der Waals surface area (Å²) in [5, 5.41) is 6.04. The first-order valence-electron chi connectivity index (χ1n) is 9.12. The van der Waals surface area contributed by atoms with Crippen LogP contribution in [-0.4, -0.2) is 16.9 Å². The Morgan fingerprint density at radius 3 is 2.26 bits per heavy atom. The fourth-order valence-corrected chi connectivity index (χ4v) is 3.23. The first-order valence-corrected chi connectivity index (χ1v) is 9.12. The minimum Gasteiger partial charge on any atom is -0.354 e. The van der Waals surface area contributed by atoms with Gasteiger partial charge in [0.15, 0.2) is 0 Å². The number of carbonyl (C=O) groups excluding carboxylic acids is 1. The Morgan fingerprint density at radius 2 is 1.63 bits per heavy atom. The van der Waals surface area contributed by atoms with Crippen LogP contribution in [0.15, 0.2) is 42.7 Å². The highest BCUT2D eigenvalue weighted by molar-refractivity contribution is 5.95. The molecule has 0 atom stereocenters. The van der Waals surface area contributed by atoms with Crippen LogP contribution in [0.25, 0.3) is 0 Å². The maximum Gasteiger partial charge on any atom is 0.416 e. The highest BCUT2D eigenvalue weighted by Crippen LogP contribution is 2.30. The van der Waals surface area contributed by atoms with E-state index in [0.29, 0.717) is 16.9 Å². The zero-order valence-electron chi connectivity index (χ0n) is 14.9. The van der Waals surface area contributed by atoms with E-state index in [2.05, 4.69) is 15.6 Å². The summed E-state index contributed by atoms with van der Waals surface area (Å²) in [6.07, 6.45) is 5.30. The molecule has 1 saturated carbocycles. The Kier molecular flexibility index (Phi) is 5.98. The number of rotatable bonds is 4. The third-order valence-electron chi connectivity index (χ3n) is 4.69. The van der Waals surface area contributed by atoms with Gasteiger partial charge in [-0.3, -0.25) is 9.78 Å². The van der Waals surface area contributed by atoms with Crippen LogP contribution in [0.5, 0.6) is 0 Å². The predicted octanol–water partition coefficient (Wildman–Crippen LogP) is 5.30. The normalized spacial score (nSPS) is 15.8. The molecule has 0 spiro atoms. The molecule has 1 aromatic carbocycles. The summed E-state index contributed by atoms with van der Waals surface area (Å²) in [5.74, 6) is -0.175. The van der Waals surface area contributed by atoms with Crippen molar-refractivity contribution in [2.45, 2.75) is 50.7 Å². The number of nitrogens with zero attached hydrogens (tertiary/aromatic N) is 1. The standard InChI is InChI=1S/C20H22F3N3O/c21-20(22,23)15-7-9-17(10-8-15)25-18-11-14(12-24-13-18)19(27)26-16-5-3-1-2-4-6-16/h7-13,16,25H,1-6H2,(H,26,27). The summed E-state index contributed by atoms with van der Waals surface area (Å²) >= 11 is 0. The molecule has 1 fully saturated rings. The summed E-state index contributed by atoms with van der Waals surface area (Å²) in [4.78, 5) is 16.5. The Morgan fingerprint density at radius 1 is 0.963 bits per heavy atom. The van der Waals surface area contributed by atoms with Crippen molar-refractivity contribution in [3.8, 4) is 0 Å². The van der Waals surface area contributed by atoms with Gasteiger partial charge in [0.1, 0.15) is 0 Å².